The smallest absolute Gasteiger partial charge is 0.242 e. The number of amides is 2. The Morgan fingerprint density at radius 2 is 1.96 bits per heavy atom. The number of nitrogens with one attached hydrogen (secondary N) is 1. The predicted octanol–water partition coefficient (Wildman–Crippen LogP) is 2.14. The molecule has 2 atom stereocenters. The third-order valence-corrected chi connectivity index (χ3v) is 4.92. The highest BCUT2D eigenvalue weighted by atomic mass is 16.5. The molecule has 3 aliphatic rings. The van der Waals surface area contributed by atoms with Gasteiger partial charge in [-0.1, -0.05) is 26.0 Å². The van der Waals surface area contributed by atoms with Crippen molar-refractivity contribution in [1.82, 2.24) is 10.2 Å². The number of hydrogen-bond donors (Lipinski definition) is 1. The van der Waals surface area contributed by atoms with Crippen LogP contribution in [0.15, 0.2) is 24.3 Å². The molecular formula is C19H26N2O3. The minimum absolute atomic E-state index is 0.0139. The van der Waals surface area contributed by atoms with E-state index in [-0.39, 0.29) is 29.9 Å². The van der Waals surface area contributed by atoms with Crippen molar-refractivity contribution < 1.29 is 14.3 Å². The highest BCUT2D eigenvalue weighted by molar-refractivity contribution is 5.88. The van der Waals surface area contributed by atoms with Gasteiger partial charge in [0.2, 0.25) is 11.8 Å². The molecule has 130 valence electrons. The largest absolute Gasteiger partial charge is 0.490 e. The van der Waals surface area contributed by atoms with Crippen molar-refractivity contribution in [2.45, 2.75) is 51.7 Å². The minimum Gasteiger partial charge on any atom is -0.490 e. The Morgan fingerprint density at radius 3 is 2.67 bits per heavy atom. The van der Waals surface area contributed by atoms with Crippen LogP contribution in [0.2, 0.25) is 0 Å². The molecule has 1 N–H and O–H groups in total. The summed E-state index contributed by atoms with van der Waals surface area (Å²) in [7, 11) is 0. The van der Waals surface area contributed by atoms with E-state index in [0.717, 1.165) is 25.0 Å². The van der Waals surface area contributed by atoms with Gasteiger partial charge in [-0.25, -0.2) is 0 Å². The molecule has 0 spiro atoms. The number of carbonyl (C=O) groups is 2. The first kappa shape index (κ1) is 16.8. The fourth-order valence-corrected chi connectivity index (χ4v) is 3.40. The van der Waals surface area contributed by atoms with Crippen molar-refractivity contribution in [2.75, 3.05) is 13.1 Å². The summed E-state index contributed by atoms with van der Waals surface area (Å²) >= 11 is 0. The van der Waals surface area contributed by atoms with E-state index in [2.05, 4.69) is 19.2 Å². The Balaban J connectivity index is 1.86. The van der Waals surface area contributed by atoms with Gasteiger partial charge >= 0.3 is 0 Å². The van der Waals surface area contributed by atoms with E-state index in [9.17, 15) is 9.59 Å². The number of ether oxygens (including phenoxy) is 1. The second-order valence-electron chi connectivity index (χ2n) is 7.03. The molecule has 5 heteroatoms. The number of benzene rings is 1. The van der Waals surface area contributed by atoms with E-state index >= 15 is 0 Å². The summed E-state index contributed by atoms with van der Waals surface area (Å²) in [6.45, 7) is 5.37. The molecule has 0 unspecified atom stereocenters. The van der Waals surface area contributed by atoms with Crippen molar-refractivity contribution in [3.63, 3.8) is 0 Å². The van der Waals surface area contributed by atoms with Crippen LogP contribution in [-0.4, -0.2) is 41.9 Å². The number of carbonyl (C=O) groups excluding carboxylic acids is 2. The number of fused-ring (bicyclic) bond motifs is 8. The molecule has 0 saturated carbocycles. The zero-order valence-electron chi connectivity index (χ0n) is 14.5. The Hall–Kier alpha value is -2.04. The van der Waals surface area contributed by atoms with E-state index < -0.39 is 0 Å². The van der Waals surface area contributed by atoms with Crippen LogP contribution in [0, 0.1) is 5.92 Å². The molecule has 1 aromatic rings. The van der Waals surface area contributed by atoms with Gasteiger partial charge in [-0.3, -0.25) is 9.59 Å². The zero-order chi connectivity index (χ0) is 17.1. The maximum absolute atomic E-state index is 12.7. The SMILES string of the molecule is CC(C)[C@H]1CC(=O)N2CCC[C@H]2C(=O)NCCc2ccc(cc2)O1. The van der Waals surface area contributed by atoms with Crippen LogP contribution >= 0.6 is 0 Å². The summed E-state index contributed by atoms with van der Waals surface area (Å²) in [4.78, 5) is 26.9. The average molecular weight is 330 g/mol. The first-order valence-corrected chi connectivity index (χ1v) is 8.87. The third kappa shape index (κ3) is 3.71. The lowest BCUT2D eigenvalue weighted by molar-refractivity contribution is -0.140. The molecule has 2 amide bonds. The van der Waals surface area contributed by atoms with Crippen LogP contribution in [0.1, 0.15) is 38.7 Å². The molecule has 3 aliphatic heterocycles. The highest BCUT2D eigenvalue weighted by Crippen LogP contribution is 2.23. The lowest BCUT2D eigenvalue weighted by Gasteiger charge is -2.28. The highest BCUT2D eigenvalue weighted by Gasteiger charge is 2.35. The van der Waals surface area contributed by atoms with Crippen molar-refractivity contribution in [1.29, 1.82) is 0 Å². The number of nitrogens with zero attached hydrogens (tertiary/aromatic N) is 1. The van der Waals surface area contributed by atoms with E-state index in [4.69, 9.17) is 4.74 Å². The molecule has 0 aromatic heterocycles. The van der Waals surface area contributed by atoms with Gasteiger partial charge < -0.3 is 15.0 Å². The van der Waals surface area contributed by atoms with Crippen molar-refractivity contribution in [2.24, 2.45) is 5.92 Å². The predicted molar refractivity (Wildman–Crippen MR) is 91.8 cm³/mol. The number of hydrogen-bond acceptors (Lipinski definition) is 3. The molecule has 0 aliphatic carbocycles. The topological polar surface area (TPSA) is 58.6 Å². The van der Waals surface area contributed by atoms with Crippen LogP contribution in [0.25, 0.3) is 0 Å². The Labute approximate surface area is 143 Å². The molecule has 5 nitrogen and oxygen atoms in total. The van der Waals surface area contributed by atoms with Gasteiger partial charge in [-0.05, 0) is 42.9 Å². The molecule has 3 heterocycles. The van der Waals surface area contributed by atoms with Gasteiger partial charge in [0, 0.05) is 13.1 Å². The van der Waals surface area contributed by atoms with E-state index in [1.807, 2.05) is 24.3 Å². The molecule has 1 saturated heterocycles. The Bertz CT molecular complexity index is 597. The standard InChI is InChI=1S/C19H26N2O3/c1-13(2)17-12-18(22)21-11-3-4-16(21)19(23)20-10-9-14-5-7-15(24-17)8-6-14/h5-8,13,16-17H,3-4,9-12H2,1-2H3,(H,20,23)/t16-,17+/m0/s1. The van der Waals surface area contributed by atoms with Crippen molar-refractivity contribution >= 4 is 11.8 Å². The van der Waals surface area contributed by atoms with E-state index in [1.54, 1.807) is 4.90 Å². The first-order valence-electron chi connectivity index (χ1n) is 8.87. The monoisotopic (exact) mass is 330 g/mol. The van der Waals surface area contributed by atoms with Gasteiger partial charge in [-0.2, -0.15) is 0 Å². The third-order valence-electron chi connectivity index (χ3n) is 4.92. The fraction of sp³-hybridized carbons (Fsp3) is 0.579. The van der Waals surface area contributed by atoms with Crippen LogP contribution < -0.4 is 10.1 Å². The lowest BCUT2D eigenvalue weighted by Crippen LogP contribution is -2.47. The van der Waals surface area contributed by atoms with E-state index in [0.29, 0.717) is 19.5 Å². The van der Waals surface area contributed by atoms with Crippen LogP contribution in [0.4, 0.5) is 0 Å². The molecule has 2 bridgehead atoms. The zero-order valence-corrected chi connectivity index (χ0v) is 14.5. The first-order chi connectivity index (χ1) is 11.5. The van der Waals surface area contributed by atoms with Gasteiger partial charge in [0.15, 0.2) is 0 Å². The summed E-state index contributed by atoms with van der Waals surface area (Å²) < 4.78 is 6.07. The van der Waals surface area contributed by atoms with Crippen molar-refractivity contribution in [3.8, 4) is 5.75 Å². The summed E-state index contributed by atoms with van der Waals surface area (Å²) in [6, 6.07) is 7.61. The maximum Gasteiger partial charge on any atom is 0.242 e. The van der Waals surface area contributed by atoms with Crippen LogP contribution in [0.3, 0.4) is 0 Å². The Morgan fingerprint density at radius 1 is 1.21 bits per heavy atom. The summed E-state index contributed by atoms with van der Waals surface area (Å²) in [5.74, 6) is 0.998. The molecule has 1 aromatic carbocycles. The molecule has 0 radical (unpaired) electrons. The van der Waals surface area contributed by atoms with Crippen LogP contribution in [-0.2, 0) is 16.0 Å². The van der Waals surface area contributed by atoms with Gasteiger partial charge in [0.1, 0.15) is 17.9 Å². The van der Waals surface area contributed by atoms with Gasteiger partial charge in [-0.15, -0.1) is 0 Å². The normalized spacial score (nSPS) is 25.2. The Kier molecular flexibility index (Phi) is 5.07. The lowest BCUT2D eigenvalue weighted by atomic mass is 10.0. The molecule has 4 rings (SSSR count). The minimum atomic E-state index is -0.325. The van der Waals surface area contributed by atoms with Gasteiger partial charge in [0.05, 0.1) is 6.42 Å². The molecule has 1 fully saturated rings. The maximum atomic E-state index is 12.7. The summed E-state index contributed by atoms with van der Waals surface area (Å²) in [5, 5.41) is 2.98. The van der Waals surface area contributed by atoms with Crippen molar-refractivity contribution in [3.05, 3.63) is 29.8 Å². The molecular weight excluding hydrogens is 304 g/mol. The second kappa shape index (κ2) is 7.24. The fourth-order valence-electron chi connectivity index (χ4n) is 3.40. The number of rotatable bonds is 1. The van der Waals surface area contributed by atoms with Crippen LogP contribution in [0.5, 0.6) is 5.75 Å². The van der Waals surface area contributed by atoms with Gasteiger partial charge in [0.25, 0.3) is 0 Å². The molecule has 24 heavy (non-hydrogen) atoms. The second-order valence-corrected chi connectivity index (χ2v) is 7.03. The summed E-state index contributed by atoms with van der Waals surface area (Å²) in [5.41, 5.74) is 1.17. The quantitative estimate of drug-likeness (QED) is 0.858. The van der Waals surface area contributed by atoms with E-state index in [1.165, 1.54) is 5.56 Å². The summed E-state index contributed by atoms with van der Waals surface area (Å²) in [6.07, 6.45) is 2.53. The average Bonchev–Trinajstić information content (AvgIpc) is 3.04.